The van der Waals surface area contributed by atoms with Crippen LogP contribution in [0.4, 0.5) is 11.4 Å². The van der Waals surface area contributed by atoms with Gasteiger partial charge in [0.15, 0.2) is 0 Å². The van der Waals surface area contributed by atoms with Crippen LogP contribution in [0.3, 0.4) is 0 Å². The lowest BCUT2D eigenvalue weighted by molar-refractivity contribution is 0.102. The Morgan fingerprint density at radius 3 is 2.48 bits per heavy atom. The standard InChI is InChI=1S/C25H27ClN4O/c1-16-10-17(2)12-19(11-16)22-14-28-15-23(24(22)30-8-6-21(27)7-9-30)29-25(31)18-4-3-5-20(26)13-18/h3-5,10-15,21H,6-9,27H2,1-2H3,(H,29,31). The van der Waals surface area contributed by atoms with Gasteiger partial charge in [-0.25, -0.2) is 0 Å². The number of nitrogens with zero attached hydrogens (tertiary/aromatic N) is 2. The molecular weight excluding hydrogens is 408 g/mol. The summed E-state index contributed by atoms with van der Waals surface area (Å²) in [6, 6.07) is 13.6. The zero-order chi connectivity index (χ0) is 22.0. The minimum absolute atomic E-state index is 0.211. The molecule has 1 aromatic heterocycles. The summed E-state index contributed by atoms with van der Waals surface area (Å²) in [6.45, 7) is 5.86. The third kappa shape index (κ3) is 4.89. The second-order valence-corrected chi connectivity index (χ2v) is 8.69. The van der Waals surface area contributed by atoms with Crippen LogP contribution in [0, 0.1) is 13.8 Å². The van der Waals surface area contributed by atoms with Gasteiger partial charge in [0.25, 0.3) is 5.91 Å². The summed E-state index contributed by atoms with van der Waals surface area (Å²) in [6.07, 6.45) is 5.43. The summed E-state index contributed by atoms with van der Waals surface area (Å²) in [5, 5.41) is 3.60. The van der Waals surface area contributed by atoms with Crippen molar-refractivity contribution in [3.05, 3.63) is 76.6 Å². The Morgan fingerprint density at radius 1 is 1.10 bits per heavy atom. The van der Waals surface area contributed by atoms with Crippen LogP contribution in [0.15, 0.2) is 54.9 Å². The van der Waals surface area contributed by atoms with Gasteiger partial charge in [0.1, 0.15) is 0 Å². The Balaban J connectivity index is 1.78. The molecule has 0 bridgehead atoms. The molecule has 4 rings (SSSR count). The number of benzene rings is 2. The maximum Gasteiger partial charge on any atom is 0.255 e. The molecule has 31 heavy (non-hydrogen) atoms. The fourth-order valence-corrected chi connectivity index (χ4v) is 4.36. The second kappa shape index (κ2) is 9.08. The Hall–Kier alpha value is -2.89. The minimum Gasteiger partial charge on any atom is -0.369 e. The zero-order valence-corrected chi connectivity index (χ0v) is 18.6. The molecule has 3 N–H and O–H groups in total. The van der Waals surface area contributed by atoms with Crippen molar-refractivity contribution in [3.63, 3.8) is 0 Å². The van der Waals surface area contributed by atoms with Gasteiger partial charge < -0.3 is 16.0 Å². The highest BCUT2D eigenvalue weighted by atomic mass is 35.5. The maximum absolute atomic E-state index is 13.0. The number of hydrogen-bond donors (Lipinski definition) is 2. The average molecular weight is 435 g/mol. The summed E-state index contributed by atoms with van der Waals surface area (Å²) in [4.78, 5) is 19.7. The van der Waals surface area contributed by atoms with Gasteiger partial charge >= 0.3 is 0 Å². The van der Waals surface area contributed by atoms with Crippen molar-refractivity contribution in [2.24, 2.45) is 5.73 Å². The van der Waals surface area contributed by atoms with E-state index in [1.165, 1.54) is 11.1 Å². The number of aromatic nitrogens is 1. The number of halogens is 1. The fourth-order valence-electron chi connectivity index (χ4n) is 4.17. The highest BCUT2D eigenvalue weighted by Crippen LogP contribution is 2.38. The van der Waals surface area contributed by atoms with E-state index in [1.54, 1.807) is 30.5 Å². The average Bonchev–Trinajstić information content (AvgIpc) is 2.73. The van der Waals surface area contributed by atoms with Crippen LogP contribution < -0.4 is 16.0 Å². The first-order valence-electron chi connectivity index (χ1n) is 10.5. The quantitative estimate of drug-likeness (QED) is 0.592. The third-order valence-corrected chi connectivity index (χ3v) is 5.88. The number of anilines is 2. The Kier molecular flexibility index (Phi) is 6.25. The number of aryl methyl sites for hydroxylation is 2. The number of hydrogen-bond acceptors (Lipinski definition) is 4. The zero-order valence-electron chi connectivity index (χ0n) is 17.9. The van der Waals surface area contributed by atoms with Crippen molar-refractivity contribution in [3.8, 4) is 11.1 Å². The van der Waals surface area contributed by atoms with E-state index in [0.717, 1.165) is 42.7 Å². The Bertz CT molecular complexity index is 1090. The van der Waals surface area contributed by atoms with Crippen LogP contribution in [0.2, 0.25) is 5.02 Å². The number of nitrogens with two attached hydrogens (primary N) is 1. The molecule has 0 saturated carbocycles. The highest BCUT2D eigenvalue weighted by Gasteiger charge is 2.23. The van der Waals surface area contributed by atoms with Crippen molar-refractivity contribution < 1.29 is 4.79 Å². The Labute approximate surface area is 188 Å². The van der Waals surface area contributed by atoms with Gasteiger partial charge in [-0.2, -0.15) is 0 Å². The highest BCUT2D eigenvalue weighted by molar-refractivity contribution is 6.31. The van der Waals surface area contributed by atoms with E-state index in [9.17, 15) is 4.79 Å². The van der Waals surface area contributed by atoms with E-state index in [-0.39, 0.29) is 11.9 Å². The SMILES string of the molecule is Cc1cc(C)cc(-c2cncc(NC(=O)c3cccc(Cl)c3)c2N2CCC(N)CC2)c1. The first-order valence-corrected chi connectivity index (χ1v) is 10.9. The number of rotatable bonds is 4. The molecule has 0 aliphatic carbocycles. The monoisotopic (exact) mass is 434 g/mol. The number of pyridine rings is 1. The van der Waals surface area contributed by atoms with Gasteiger partial charge in [0.05, 0.1) is 17.6 Å². The predicted octanol–water partition coefficient (Wildman–Crippen LogP) is 5.20. The van der Waals surface area contributed by atoms with Crippen LogP contribution in [-0.2, 0) is 0 Å². The number of piperidine rings is 1. The largest absolute Gasteiger partial charge is 0.369 e. The molecular formula is C25H27ClN4O. The molecule has 2 aromatic carbocycles. The van der Waals surface area contributed by atoms with Crippen molar-refractivity contribution in [1.82, 2.24) is 4.98 Å². The summed E-state index contributed by atoms with van der Waals surface area (Å²) < 4.78 is 0. The van der Waals surface area contributed by atoms with Crippen LogP contribution in [0.1, 0.15) is 34.3 Å². The van der Waals surface area contributed by atoms with Crippen LogP contribution >= 0.6 is 11.6 Å². The first-order chi connectivity index (χ1) is 14.9. The number of carbonyl (C=O) groups excluding carboxylic acids is 1. The molecule has 0 atom stereocenters. The molecule has 5 nitrogen and oxygen atoms in total. The minimum atomic E-state index is -0.211. The van der Waals surface area contributed by atoms with Crippen LogP contribution in [0.25, 0.3) is 11.1 Å². The summed E-state index contributed by atoms with van der Waals surface area (Å²) in [5.41, 5.74) is 12.8. The topological polar surface area (TPSA) is 71.2 Å². The summed E-state index contributed by atoms with van der Waals surface area (Å²) in [5.74, 6) is -0.211. The van der Waals surface area contributed by atoms with Gasteiger partial charge in [-0.3, -0.25) is 9.78 Å². The van der Waals surface area contributed by atoms with Crippen molar-refractivity contribution >= 4 is 28.9 Å². The first kappa shape index (κ1) is 21.3. The molecule has 3 aromatic rings. The number of carbonyl (C=O) groups is 1. The molecule has 160 valence electrons. The lowest BCUT2D eigenvalue weighted by atomic mass is 9.98. The lowest BCUT2D eigenvalue weighted by Gasteiger charge is -2.34. The molecule has 1 saturated heterocycles. The molecule has 1 amide bonds. The predicted molar refractivity (Wildman–Crippen MR) is 128 cm³/mol. The van der Waals surface area contributed by atoms with Gasteiger partial charge in [-0.15, -0.1) is 0 Å². The van der Waals surface area contributed by atoms with Crippen molar-refractivity contribution in [2.75, 3.05) is 23.3 Å². The second-order valence-electron chi connectivity index (χ2n) is 8.25. The van der Waals surface area contributed by atoms with E-state index in [0.29, 0.717) is 16.3 Å². The van der Waals surface area contributed by atoms with E-state index < -0.39 is 0 Å². The lowest BCUT2D eigenvalue weighted by Crippen LogP contribution is -2.40. The Morgan fingerprint density at radius 2 is 1.81 bits per heavy atom. The molecule has 1 fully saturated rings. The van der Waals surface area contributed by atoms with Gasteiger partial charge in [0.2, 0.25) is 0 Å². The molecule has 0 spiro atoms. The molecule has 0 unspecified atom stereocenters. The third-order valence-electron chi connectivity index (χ3n) is 5.64. The molecule has 0 radical (unpaired) electrons. The van der Waals surface area contributed by atoms with E-state index in [1.807, 2.05) is 6.20 Å². The van der Waals surface area contributed by atoms with Crippen LogP contribution in [0.5, 0.6) is 0 Å². The summed E-state index contributed by atoms with van der Waals surface area (Å²) in [7, 11) is 0. The van der Waals surface area contributed by atoms with Crippen molar-refractivity contribution in [2.45, 2.75) is 32.7 Å². The summed E-state index contributed by atoms with van der Waals surface area (Å²) >= 11 is 6.08. The maximum atomic E-state index is 13.0. The normalized spacial score (nSPS) is 14.5. The molecule has 2 heterocycles. The number of amides is 1. The van der Waals surface area contributed by atoms with Crippen molar-refractivity contribution in [1.29, 1.82) is 0 Å². The van der Waals surface area contributed by atoms with Gasteiger partial charge in [-0.1, -0.05) is 47.0 Å². The van der Waals surface area contributed by atoms with Crippen LogP contribution in [-0.4, -0.2) is 30.0 Å². The number of nitrogens with one attached hydrogen (secondary N) is 1. The molecule has 6 heteroatoms. The fraction of sp³-hybridized carbons (Fsp3) is 0.280. The van der Waals surface area contributed by atoms with E-state index in [2.05, 4.69) is 47.2 Å². The van der Waals surface area contributed by atoms with Gasteiger partial charge in [0, 0.05) is 41.5 Å². The van der Waals surface area contributed by atoms with E-state index >= 15 is 0 Å². The molecule has 1 aliphatic heterocycles. The van der Waals surface area contributed by atoms with E-state index in [4.69, 9.17) is 17.3 Å². The van der Waals surface area contributed by atoms with Gasteiger partial charge in [-0.05, 0) is 50.5 Å². The smallest absolute Gasteiger partial charge is 0.255 e. The molecule has 1 aliphatic rings.